The van der Waals surface area contributed by atoms with Crippen LogP contribution in [0.4, 0.5) is 5.82 Å². The van der Waals surface area contributed by atoms with E-state index in [-0.39, 0.29) is 47.3 Å². The van der Waals surface area contributed by atoms with Crippen molar-refractivity contribution in [1.82, 2.24) is 9.97 Å². The van der Waals surface area contributed by atoms with Gasteiger partial charge in [0.2, 0.25) is 0 Å². The molecule has 9 heteroatoms. The topological polar surface area (TPSA) is 113 Å². The molecule has 8 atom stereocenters. The van der Waals surface area contributed by atoms with Crippen LogP contribution in [0.5, 0.6) is 0 Å². The van der Waals surface area contributed by atoms with E-state index in [4.69, 9.17) is 9.72 Å². The average Bonchev–Trinajstić information content (AvgIpc) is 3.34. The number of ketones is 1. The van der Waals surface area contributed by atoms with Crippen molar-refractivity contribution in [3.8, 4) is 0 Å². The lowest BCUT2D eigenvalue weighted by atomic mass is 9.44. The van der Waals surface area contributed by atoms with E-state index in [1.807, 2.05) is 26.0 Å². The Kier molecular flexibility index (Phi) is 9.38. The van der Waals surface area contributed by atoms with Gasteiger partial charge >= 0.3 is 5.97 Å². The third kappa shape index (κ3) is 5.79. The molecule has 2 N–H and O–H groups in total. The summed E-state index contributed by atoms with van der Waals surface area (Å²) in [5, 5.41) is 21.6. The van der Waals surface area contributed by atoms with Gasteiger partial charge in [-0.25, -0.2) is 9.97 Å². The highest BCUT2D eigenvalue weighted by Crippen LogP contribution is 2.68. The van der Waals surface area contributed by atoms with Gasteiger partial charge in [0.1, 0.15) is 17.7 Å². The summed E-state index contributed by atoms with van der Waals surface area (Å²) in [6, 6.07) is 1.99. The summed E-state index contributed by atoms with van der Waals surface area (Å²) in [4.78, 5) is 38.8. The van der Waals surface area contributed by atoms with E-state index in [0.29, 0.717) is 23.9 Å². The first kappa shape index (κ1) is 32.4. The SMILES string of the molecule is C=C[C@]1(C)C[C@@H](OC(=O)CSc2nc(C)cc(N3CCC(CCO)CC3)n2)[C@@]2(C)[C@H](C)CC[C@]3(CCC(=O)[C@H]32)[C@@H](C)[C@@H]1O. The van der Waals surface area contributed by atoms with E-state index in [1.165, 1.54) is 11.8 Å². The van der Waals surface area contributed by atoms with Crippen molar-refractivity contribution in [2.75, 3.05) is 30.3 Å². The van der Waals surface area contributed by atoms with Crippen molar-refractivity contribution < 1.29 is 24.5 Å². The minimum atomic E-state index is -0.681. The number of rotatable bonds is 8. The largest absolute Gasteiger partial charge is 0.461 e. The Labute approximate surface area is 261 Å². The number of nitrogens with zero attached hydrogens (tertiary/aromatic N) is 3. The molecule has 3 aliphatic carbocycles. The molecule has 0 unspecified atom stereocenters. The van der Waals surface area contributed by atoms with E-state index in [1.54, 1.807) is 0 Å². The van der Waals surface area contributed by atoms with Gasteiger partial charge in [0.25, 0.3) is 0 Å². The Morgan fingerprint density at radius 1 is 1.21 bits per heavy atom. The molecule has 43 heavy (non-hydrogen) atoms. The van der Waals surface area contributed by atoms with E-state index in [2.05, 4.69) is 37.2 Å². The van der Waals surface area contributed by atoms with E-state index in [0.717, 1.165) is 63.1 Å². The fraction of sp³-hybridized carbons (Fsp3) is 0.765. The maximum absolute atomic E-state index is 13.6. The Hall–Kier alpha value is -1.97. The van der Waals surface area contributed by atoms with Crippen LogP contribution in [0.3, 0.4) is 0 Å². The zero-order valence-electron chi connectivity index (χ0n) is 26.7. The van der Waals surface area contributed by atoms with E-state index >= 15 is 0 Å². The summed E-state index contributed by atoms with van der Waals surface area (Å²) >= 11 is 1.28. The molecule has 5 rings (SSSR count). The molecule has 2 heterocycles. The molecular weight excluding hydrogens is 562 g/mol. The molecule has 0 spiro atoms. The van der Waals surface area contributed by atoms with Crippen LogP contribution >= 0.6 is 11.8 Å². The van der Waals surface area contributed by atoms with Crippen LogP contribution in [0.25, 0.3) is 0 Å². The summed E-state index contributed by atoms with van der Waals surface area (Å²) in [5.41, 5.74) is -0.624. The predicted molar refractivity (Wildman–Crippen MR) is 169 cm³/mol. The first-order valence-electron chi connectivity index (χ1n) is 16.3. The van der Waals surface area contributed by atoms with Gasteiger partial charge in [0, 0.05) is 54.6 Å². The van der Waals surface area contributed by atoms with Gasteiger partial charge in [-0.2, -0.15) is 0 Å². The normalized spacial score (nSPS) is 38.3. The molecule has 0 radical (unpaired) electrons. The van der Waals surface area contributed by atoms with Crippen LogP contribution in [0.15, 0.2) is 23.9 Å². The standard InChI is InChI=1S/C34H51N3O5S/c1-7-32(5)19-26(33(6)21(2)8-13-34(23(4)30(32)41)14-9-25(39)29(33)34)42-28(40)20-43-31-35-22(3)18-27(36-31)37-15-10-24(11-16-37)12-17-38/h7,18,21,23-24,26,29-30,38,41H,1,8-17,19-20H2,2-6H3/t21-,23+,26-,29+,30+,32-,33-,34+/m1/s1. The minimum Gasteiger partial charge on any atom is -0.461 e. The number of aliphatic hydroxyl groups is 2. The second-order valence-electron chi connectivity index (χ2n) is 14.4. The second kappa shape index (κ2) is 12.4. The summed E-state index contributed by atoms with van der Waals surface area (Å²) in [5.74, 6) is 1.29. The van der Waals surface area contributed by atoms with Crippen molar-refractivity contribution in [2.24, 2.45) is 39.9 Å². The molecule has 3 saturated carbocycles. The minimum absolute atomic E-state index is 0.0564. The Morgan fingerprint density at radius 3 is 2.60 bits per heavy atom. The molecule has 2 bridgehead atoms. The van der Waals surface area contributed by atoms with Crippen LogP contribution in [0.1, 0.15) is 84.8 Å². The van der Waals surface area contributed by atoms with Crippen LogP contribution < -0.4 is 4.90 Å². The third-order valence-electron chi connectivity index (χ3n) is 12.2. The van der Waals surface area contributed by atoms with Gasteiger partial charge in [-0.15, -0.1) is 6.58 Å². The van der Waals surface area contributed by atoms with Gasteiger partial charge in [0.05, 0.1) is 11.9 Å². The summed E-state index contributed by atoms with van der Waals surface area (Å²) < 4.78 is 6.40. The lowest BCUT2D eigenvalue weighted by molar-refractivity contribution is -0.205. The lowest BCUT2D eigenvalue weighted by Crippen LogP contribution is -2.63. The molecule has 1 aliphatic heterocycles. The number of Topliss-reactive ketones (excluding diaryl/α,β-unsaturated/α-hetero) is 1. The molecule has 0 amide bonds. The molecule has 238 valence electrons. The first-order valence-corrected chi connectivity index (χ1v) is 17.2. The van der Waals surface area contributed by atoms with Gasteiger partial charge < -0.3 is 19.8 Å². The number of esters is 1. The fourth-order valence-corrected chi connectivity index (χ4v) is 9.88. The molecule has 1 aromatic heterocycles. The number of aryl methyl sites for hydroxylation is 1. The smallest absolute Gasteiger partial charge is 0.316 e. The Morgan fingerprint density at radius 2 is 1.93 bits per heavy atom. The molecule has 1 aromatic rings. The molecule has 0 aromatic carbocycles. The summed E-state index contributed by atoms with van der Waals surface area (Å²) in [7, 11) is 0. The Balaban J connectivity index is 1.35. The van der Waals surface area contributed by atoms with E-state index in [9.17, 15) is 19.8 Å². The Bertz CT molecular complexity index is 1220. The van der Waals surface area contributed by atoms with Crippen LogP contribution in [0, 0.1) is 46.8 Å². The van der Waals surface area contributed by atoms with Crippen molar-refractivity contribution in [3.05, 3.63) is 24.4 Å². The quantitative estimate of drug-likeness (QED) is 0.173. The van der Waals surface area contributed by atoms with Crippen molar-refractivity contribution in [3.63, 3.8) is 0 Å². The van der Waals surface area contributed by atoms with Gasteiger partial charge in [0.15, 0.2) is 5.16 Å². The molecule has 1 saturated heterocycles. The molecular formula is C34H51N3O5S. The number of thioether (sulfide) groups is 1. The van der Waals surface area contributed by atoms with Crippen LogP contribution in [-0.2, 0) is 14.3 Å². The predicted octanol–water partition coefficient (Wildman–Crippen LogP) is 5.38. The summed E-state index contributed by atoms with van der Waals surface area (Å²) in [6.07, 6.45) is 7.12. The number of anilines is 1. The zero-order valence-corrected chi connectivity index (χ0v) is 27.5. The fourth-order valence-electron chi connectivity index (χ4n) is 9.20. The lowest BCUT2D eigenvalue weighted by Gasteiger charge is -2.61. The number of carbonyl (C=O) groups is 2. The van der Waals surface area contributed by atoms with Crippen LogP contribution in [0.2, 0.25) is 0 Å². The van der Waals surface area contributed by atoms with E-state index < -0.39 is 23.0 Å². The van der Waals surface area contributed by atoms with Gasteiger partial charge in [-0.3, -0.25) is 9.59 Å². The van der Waals surface area contributed by atoms with Crippen molar-refractivity contribution in [2.45, 2.75) is 103 Å². The van der Waals surface area contributed by atoms with Crippen molar-refractivity contribution in [1.29, 1.82) is 0 Å². The number of ether oxygens (including phenoxy) is 1. The number of hydrogen-bond acceptors (Lipinski definition) is 9. The van der Waals surface area contributed by atoms with Gasteiger partial charge in [-0.05, 0) is 75.0 Å². The second-order valence-corrected chi connectivity index (χ2v) is 15.4. The third-order valence-corrected chi connectivity index (χ3v) is 13.0. The van der Waals surface area contributed by atoms with Crippen molar-refractivity contribution >= 4 is 29.3 Å². The maximum atomic E-state index is 13.6. The highest BCUT2D eigenvalue weighted by molar-refractivity contribution is 7.99. The van der Waals surface area contributed by atoms with Crippen LogP contribution in [-0.4, -0.2) is 69.6 Å². The number of carbonyl (C=O) groups excluding carboxylic acids is 2. The highest BCUT2D eigenvalue weighted by atomic mass is 32.2. The number of hydrogen-bond donors (Lipinski definition) is 2. The highest BCUT2D eigenvalue weighted by Gasteiger charge is 2.68. The zero-order chi connectivity index (χ0) is 31.2. The molecule has 4 aliphatic rings. The molecule has 8 nitrogen and oxygen atoms in total. The number of piperidine rings is 1. The number of aliphatic hydroxyl groups excluding tert-OH is 2. The molecule has 4 fully saturated rings. The monoisotopic (exact) mass is 613 g/mol. The summed E-state index contributed by atoms with van der Waals surface area (Å²) in [6.45, 7) is 16.6. The average molecular weight is 614 g/mol. The van der Waals surface area contributed by atoms with Gasteiger partial charge in [-0.1, -0.05) is 45.5 Å². The maximum Gasteiger partial charge on any atom is 0.316 e. The number of aromatic nitrogens is 2. The first-order chi connectivity index (χ1) is 20.4.